The number of hydrogen-bond acceptors (Lipinski definition) is 3. The molecule has 7 heteroatoms. The van der Waals surface area contributed by atoms with Crippen LogP contribution in [0.3, 0.4) is 0 Å². The molecule has 0 spiro atoms. The molecule has 0 aliphatic heterocycles. The summed E-state index contributed by atoms with van der Waals surface area (Å²) in [6.45, 7) is 4.29. The van der Waals surface area contributed by atoms with Crippen molar-refractivity contribution in [2.24, 2.45) is 0 Å². The molecule has 0 atom stereocenters. The van der Waals surface area contributed by atoms with Crippen molar-refractivity contribution in [3.63, 3.8) is 0 Å². The first-order valence-corrected chi connectivity index (χ1v) is 11.1. The molecule has 0 amide bonds. The smallest absolute Gasteiger partial charge is 0.261 e. The van der Waals surface area contributed by atoms with Gasteiger partial charge in [-0.3, -0.25) is 4.72 Å². The predicted molar refractivity (Wildman–Crippen MR) is 124 cm³/mol. The van der Waals surface area contributed by atoms with Crippen LogP contribution in [0, 0.1) is 0 Å². The minimum Gasteiger partial charge on any atom is -0.332 e. The van der Waals surface area contributed by atoms with Crippen molar-refractivity contribution in [3.8, 4) is 0 Å². The van der Waals surface area contributed by atoms with Crippen LogP contribution in [0.4, 0.5) is 17.1 Å². The van der Waals surface area contributed by atoms with Crippen molar-refractivity contribution in [2.45, 2.75) is 24.7 Å². The largest absolute Gasteiger partial charge is 0.332 e. The maximum absolute atomic E-state index is 12.5. The quantitative estimate of drug-likeness (QED) is 0.460. The van der Waals surface area contributed by atoms with Gasteiger partial charge in [0.2, 0.25) is 0 Å². The second-order valence-electron chi connectivity index (χ2n) is 6.85. The van der Waals surface area contributed by atoms with Crippen LogP contribution >= 0.6 is 12.2 Å². The van der Waals surface area contributed by atoms with Crippen LogP contribution in [0.15, 0.2) is 83.8 Å². The number of hydrogen-bond donors (Lipinski definition) is 3. The molecule has 0 fully saturated rings. The van der Waals surface area contributed by atoms with Gasteiger partial charge in [-0.15, -0.1) is 0 Å². The first-order valence-electron chi connectivity index (χ1n) is 9.19. The van der Waals surface area contributed by atoms with Gasteiger partial charge in [-0.1, -0.05) is 44.2 Å². The number of anilines is 3. The van der Waals surface area contributed by atoms with Crippen LogP contribution in [0.1, 0.15) is 25.3 Å². The van der Waals surface area contributed by atoms with E-state index in [0.29, 0.717) is 22.4 Å². The zero-order valence-corrected chi connectivity index (χ0v) is 17.8. The van der Waals surface area contributed by atoms with Gasteiger partial charge < -0.3 is 10.6 Å². The second-order valence-corrected chi connectivity index (χ2v) is 8.94. The molecule has 0 unspecified atom stereocenters. The lowest BCUT2D eigenvalue weighted by Crippen LogP contribution is -2.19. The number of sulfonamides is 1. The van der Waals surface area contributed by atoms with Crippen molar-refractivity contribution in [3.05, 3.63) is 84.4 Å². The molecule has 0 aliphatic carbocycles. The standard InChI is InChI=1S/C22H23N3O2S2/c1-16(2)17-8-10-18(11-9-17)23-22(28)24-19-12-14-21(15-13-19)29(26,27)25-20-6-4-3-5-7-20/h3-16,25H,1-2H3,(H2,23,24,28). The summed E-state index contributed by atoms with van der Waals surface area (Å²) in [5.41, 5.74) is 3.36. The summed E-state index contributed by atoms with van der Waals surface area (Å²) in [5, 5.41) is 6.62. The van der Waals surface area contributed by atoms with E-state index in [4.69, 9.17) is 12.2 Å². The molecule has 0 aliphatic rings. The molecule has 0 saturated heterocycles. The van der Waals surface area contributed by atoms with Gasteiger partial charge in [0.1, 0.15) is 0 Å². The van der Waals surface area contributed by atoms with Gasteiger partial charge in [-0.25, -0.2) is 8.42 Å². The normalized spacial score (nSPS) is 11.1. The van der Waals surface area contributed by atoms with E-state index in [2.05, 4.69) is 41.3 Å². The minimum atomic E-state index is -3.64. The fourth-order valence-corrected chi connectivity index (χ4v) is 3.98. The highest BCUT2D eigenvalue weighted by Crippen LogP contribution is 2.19. The maximum atomic E-state index is 12.5. The summed E-state index contributed by atoms with van der Waals surface area (Å²) < 4.78 is 27.5. The van der Waals surface area contributed by atoms with E-state index in [9.17, 15) is 8.42 Å². The highest BCUT2D eigenvalue weighted by Gasteiger charge is 2.14. The lowest BCUT2D eigenvalue weighted by molar-refractivity contribution is 0.601. The molecule has 0 aromatic heterocycles. The number of thiocarbonyl (C=S) groups is 1. The Kier molecular flexibility index (Phi) is 6.51. The van der Waals surface area contributed by atoms with Crippen LogP contribution < -0.4 is 15.4 Å². The van der Waals surface area contributed by atoms with E-state index in [1.165, 1.54) is 17.7 Å². The van der Waals surface area contributed by atoms with E-state index in [1.54, 1.807) is 36.4 Å². The number of para-hydroxylation sites is 1. The molecule has 150 valence electrons. The highest BCUT2D eigenvalue weighted by atomic mass is 32.2. The van der Waals surface area contributed by atoms with E-state index in [-0.39, 0.29) is 4.90 Å². The summed E-state index contributed by atoms with van der Waals surface area (Å²) in [7, 11) is -3.64. The highest BCUT2D eigenvalue weighted by molar-refractivity contribution is 7.92. The zero-order chi connectivity index (χ0) is 20.9. The molecule has 29 heavy (non-hydrogen) atoms. The Hall–Kier alpha value is -2.90. The predicted octanol–water partition coefficient (Wildman–Crippen LogP) is 5.42. The Labute approximate surface area is 177 Å². The molecule has 3 N–H and O–H groups in total. The summed E-state index contributed by atoms with van der Waals surface area (Å²) in [5.74, 6) is 0.473. The van der Waals surface area contributed by atoms with E-state index in [0.717, 1.165) is 5.69 Å². The molecule has 3 rings (SSSR count). The fourth-order valence-electron chi connectivity index (χ4n) is 2.68. The third kappa shape index (κ3) is 5.79. The van der Waals surface area contributed by atoms with Gasteiger partial charge in [-0.05, 0) is 72.2 Å². The third-order valence-electron chi connectivity index (χ3n) is 4.28. The van der Waals surface area contributed by atoms with Gasteiger partial charge >= 0.3 is 0 Å². The Morgan fingerprint density at radius 2 is 1.28 bits per heavy atom. The Balaban J connectivity index is 1.61. The summed E-state index contributed by atoms with van der Waals surface area (Å²) >= 11 is 5.34. The molecule has 3 aromatic carbocycles. The molecule has 0 radical (unpaired) electrons. The van der Waals surface area contributed by atoms with Crippen LogP contribution in [-0.2, 0) is 10.0 Å². The first-order chi connectivity index (χ1) is 13.8. The second kappa shape index (κ2) is 9.07. The van der Waals surface area contributed by atoms with E-state index in [1.807, 2.05) is 18.2 Å². The average molecular weight is 426 g/mol. The van der Waals surface area contributed by atoms with Crippen molar-refractivity contribution in [1.82, 2.24) is 0 Å². The molecule has 5 nitrogen and oxygen atoms in total. The first kappa shape index (κ1) is 20.8. The lowest BCUT2D eigenvalue weighted by Gasteiger charge is -2.13. The van der Waals surface area contributed by atoms with Crippen LogP contribution in [-0.4, -0.2) is 13.5 Å². The molecule has 3 aromatic rings. The SMILES string of the molecule is CC(C)c1ccc(NC(=S)Nc2ccc(S(=O)(=O)Nc3ccccc3)cc2)cc1. The minimum absolute atomic E-state index is 0.176. The Morgan fingerprint density at radius 1 is 0.759 bits per heavy atom. The molecule has 0 heterocycles. The van der Waals surface area contributed by atoms with Gasteiger partial charge in [0.05, 0.1) is 4.90 Å². The van der Waals surface area contributed by atoms with Gasteiger partial charge in [0.15, 0.2) is 5.11 Å². The molecule has 0 bridgehead atoms. The monoisotopic (exact) mass is 425 g/mol. The topological polar surface area (TPSA) is 70.2 Å². The number of nitrogens with one attached hydrogen (secondary N) is 3. The molecule has 0 saturated carbocycles. The number of benzene rings is 3. The van der Waals surface area contributed by atoms with Gasteiger partial charge in [0.25, 0.3) is 10.0 Å². The van der Waals surface area contributed by atoms with E-state index >= 15 is 0 Å². The average Bonchev–Trinajstić information content (AvgIpc) is 2.69. The molecular weight excluding hydrogens is 402 g/mol. The van der Waals surface area contributed by atoms with Crippen molar-refractivity contribution < 1.29 is 8.42 Å². The van der Waals surface area contributed by atoms with Gasteiger partial charge in [-0.2, -0.15) is 0 Å². The zero-order valence-electron chi connectivity index (χ0n) is 16.2. The van der Waals surface area contributed by atoms with Crippen molar-refractivity contribution >= 4 is 44.4 Å². The Morgan fingerprint density at radius 3 is 1.79 bits per heavy atom. The van der Waals surface area contributed by atoms with Crippen molar-refractivity contribution in [1.29, 1.82) is 0 Å². The Bertz CT molecular complexity index is 1060. The number of rotatable bonds is 6. The summed E-state index contributed by atoms with van der Waals surface area (Å²) in [6.07, 6.45) is 0. The molecular formula is C22H23N3O2S2. The third-order valence-corrected chi connectivity index (χ3v) is 5.89. The van der Waals surface area contributed by atoms with Crippen LogP contribution in [0.25, 0.3) is 0 Å². The van der Waals surface area contributed by atoms with E-state index < -0.39 is 10.0 Å². The lowest BCUT2D eigenvalue weighted by atomic mass is 10.0. The fraction of sp³-hybridized carbons (Fsp3) is 0.136. The van der Waals surface area contributed by atoms with Crippen molar-refractivity contribution in [2.75, 3.05) is 15.4 Å². The van der Waals surface area contributed by atoms with Crippen LogP contribution in [0.5, 0.6) is 0 Å². The summed E-state index contributed by atoms with van der Waals surface area (Å²) in [6, 6.07) is 23.3. The van der Waals surface area contributed by atoms with Gasteiger partial charge in [0, 0.05) is 17.1 Å². The van der Waals surface area contributed by atoms with Crippen LogP contribution in [0.2, 0.25) is 0 Å². The maximum Gasteiger partial charge on any atom is 0.261 e. The summed E-state index contributed by atoms with van der Waals surface area (Å²) in [4.78, 5) is 0.176.